The van der Waals surface area contributed by atoms with Crippen LogP contribution in [0.15, 0.2) is 42.5 Å². The van der Waals surface area contributed by atoms with Crippen LogP contribution in [-0.4, -0.2) is 28.7 Å². The first-order chi connectivity index (χ1) is 13.9. The highest BCUT2D eigenvalue weighted by molar-refractivity contribution is 6.03. The minimum Gasteiger partial charge on any atom is -0.451 e. The fourth-order valence-electron chi connectivity index (χ4n) is 2.54. The van der Waals surface area contributed by atoms with E-state index >= 15 is 0 Å². The van der Waals surface area contributed by atoms with Crippen molar-refractivity contribution < 1.29 is 40.7 Å². The van der Waals surface area contributed by atoms with E-state index in [9.17, 15) is 35.9 Å². The molecule has 1 aromatic heterocycles. The van der Waals surface area contributed by atoms with Crippen LogP contribution < -0.4 is 5.32 Å². The molecule has 0 aliphatic rings. The Bertz CT molecular complexity index is 1070. The number of para-hydroxylation sites is 1. The number of nitrogens with one attached hydrogen (secondary N) is 2. The summed E-state index contributed by atoms with van der Waals surface area (Å²) in [6, 6.07) is 7.14. The van der Waals surface area contributed by atoms with Crippen molar-refractivity contribution in [3.05, 3.63) is 59.3 Å². The normalized spacial score (nSPS) is 12.1. The van der Waals surface area contributed by atoms with Crippen LogP contribution in [0.25, 0.3) is 10.9 Å². The molecule has 0 bridgehead atoms. The van der Waals surface area contributed by atoms with E-state index in [0.29, 0.717) is 23.0 Å². The van der Waals surface area contributed by atoms with Crippen LogP contribution in [0.3, 0.4) is 0 Å². The average molecular weight is 431 g/mol. The predicted octanol–water partition coefficient (Wildman–Crippen LogP) is 4.40. The summed E-state index contributed by atoms with van der Waals surface area (Å²) in [6.45, 7) is -0.947. The number of ether oxygens (including phenoxy) is 1. The van der Waals surface area contributed by atoms with Gasteiger partial charge < -0.3 is 10.1 Å². The number of esters is 1. The van der Waals surface area contributed by atoms with Gasteiger partial charge in [0.15, 0.2) is 12.3 Å². The number of halogens is 6. The van der Waals surface area contributed by atoms with Gasteiger partial charge in [-0.3, -0.25) is 9.89 Å². The first-order valence-electron chi connectivity index (χ1n) is 8.15. The Balaban J connectivity index is 1.72. The Labute approximate surface area is 163 Å². The van der Waals surface area contributed by atoms with Crippen LogP contribution in [0.2, 0.25) is 0 Å². The van der Waals surface area contributed by atoms with Gasteiger partial charge in [0.05, 0.1) is 16.6 Å². The highest BCUT2D eigenvalue weighted by atomic mass is 19.4. The molecule has 0 saturated heterocycles. The molecular weight excluding hydrogens is 420 g/mol. The van der Waals surface area contributed by atoms with Gasteiger partial charge in [0.25, 0.3) is 5.91 Å². The quantitative estimate of drug-likeness (QED) is 0.474. The highest BCUT2D eigenvalue weighted by Gasteiger charge is 2.37. The Kier molecular flexibility index (Phi) is 5.42. The first kappa shape index (κ1) is 21.1. The van der Waals surface area contributed by atoms with Crippen LogP contribution >= 0.6 is 0 Å². The van der Waals surface area contributed by atoms with Crippen molar-refractivity contribution in [3.8, 4) is 0 Å². The third kappa shape index (κ3) is 4.70. The molecule has 12 heteroatoms. The van der Waals surface area contributed by atoms with Gasteiger partial charge in [-0.25, -0.2) is 4.79 Å². The second-order valence-corrected chi connectivity index (χ2v) is 6.04. The number of rotatable bonds is 4. The lowest BCUT2D eigenvalue weighted by atomic mass is 10.1. The number of H-pyrrole nitrogens is 1. The van der Waals surface area contributed by atoms with E-state index in [1.807, 2.05) is 5.32 Å². The van der Waals surface area contributed by atoms with Gasteiger partial charge >= 0.3 is 18.3 Å². The number of alkyl halides is 6. The second-order valence-electron chi connectivity index (χ2n) is 6.04. The van der Waals surface area contributed by atoms with E-state index in [2.05, 4.69) is 10.2 Å². The van der Waals surface area contributed by atoms with E-state index in [-0.39, 0.29) is 11.8 Å². The van der Waals surface area contributed by atoms with Gasteiger partial charge in [-0.1, -0.05) is 18.2 Å². The summed E-state index contributed by atoms with van der Waals surface area (Å²) in [5, 5.41) is 8.60. The molecule has 1 heterocycles. The van der Waals surface area contributed by atoms with E-state index in [1.165, 1.54) is 0 Å². The molecule has 30 heavy (non-hydrogen) atoms. The number of amides is 1. The monoisotopic (exact) mass is 431 g/mol. The standard InChI is InChI=1S/C18H11F6N3O3/c19-17(20,21)9-5-10(18(22,23)24)7-11(6-9)25-14(28)8-30-16(29)15-12-3-1-2-4-13(12)26-27-15/h1-7H,8H2,(H,25,28)(H,26,27). The first-order valence-corrected chi connectivity index (χ1v) is 8.15. The molecule has 0 atom stereocenters. The molecule has 0 aliphatic heterocycles. The third-order valence-electron chi connectivity index (χ3n) is 3.87. The van der Waals surface area contributed by atoms with Crippen LogP contribution in [-0.2, 0) is 21.9 Å². The number of anilines is 1. The van der Waals surface area contributed by atoms with Crippen LogP contribution in [0.1, 0.15) is 21.6 Å². The number of aromatic nitrogens is 2. The lowest BCUT2D eigenvalue weighted by Gasteiger charge is -2.14. The lowest BCUT2D eigenvalue weighted by molar-refractivity contribution is -0.143. The van der Waals surface area contributed by atoms with Crippen molar-refractivity contribution in [3.63, 3.8) is 0 Å². The molecule has 6 nitrogen and oxygen atoms in total. The molecule has 0 radical (unpaired) electrons. The Hall–Kier alpha value is -3.57. The van der Waals surface area contributed by atoms with Crippen molar-refractivity contribution in [1.29, 1.82) is 0 Å². The molecule has 0 aliphatic carbocycles. The zero-order valence-electron chi connectivity index (χ0n) is 14.7. The maximum Gasteiger partial charge on any atom is 0.416 e. The van der Waals surface area contributed by atoms with Gasteiger partial charge in [0.1, 0.15) is 0 Å². The summed E-state index contributed by atoms with van der Waals surface area (Å²) in [5.41, 5.74) is -3.53. The minimum atomic E-state index is -5.06. The summed E-state index contributed by atoms with van der Waals surface area (Å²) in [6.07, 6.45) is -10.1. The van der Waals surface area contributed by atoms with E-state index in [1.54, 1.807) is 24.3 Å². The Morgan fingerprint density at radius 2 is 1.57 bits per heavy atom. The van der Waals surface area contributed by atoms with E-state index < -0.39 is 47.7 Å². The maximum absolute atomic E-state index is 12.9. The molecule has 0 saturated carbocycles. The zero-order chi connectivity index (χ0) is 22.1. The third-order valence-corrected chi connectivity index (χ3v) is 3.87. The van der Waals surface area contributed by atoms with Crippen LogP contribution in [0, 0.1) is 0 Å². The summed E-state index contributed by atoms with van der Waals surface area (Å²) in [4.78, 5) is 24.0. The molecule has 1 amide bonds. The summed E-state index contributed by atoms with van der Waals surface area (Å²) < 4.78 is 81.9. The fourth-order valence-corrected chi connectivity index (χ4v) is 2.54. The van der Waals surface area contributed by atoms with Crippen molar-refractivity contribution >= 4 is 28.5 Å². The van der Waals surface area contributed by atoms with Crippen LogP contribution in [0.5, 0.6) is 0 Å². The number of aromatic amines is 1. The predicted molar refractivity (Wildman–Crippen MR) is 91.5 cm³/mol. The van der Waals surface area contributed by atoms with Gasteiger partial charge in [-0.05, 0) is 24.3 Å². The average Bonchev–Trinajstić information content (AvgIpc) is 3.08. The smallest absolute Gasteiger partial charge is 0.416 e. The van der Waals surface area contributed by atoms with Crippen molar-refractivity contribution in [2.45, 2.75) is 12.4 Å². The zero-order valence-corrected chi connectivity index (χ0v) is 14.7. The highest BCUT2D eigenvalue weighted by Crippen LogP contribution is 2.37. The summed E-state index contributed by atoms with van der Waals surface area (Å²) in [7, 11) is 0. The number of fused-ring (bicyclic) bond motifs is 1. The minimum absolute atomic E-state index is 0.0711. The fraction of sp³-hybridized carbons (Fsp3) is 0.167. The van der Waals surface area contributed by atoms with E-state index in [4.69, 9.17) is 4.74 Å². The Morgan fingerprint density at radius 1 is 0.967 bits per heavy atom. The molecule has 2 aromatic carbocycles. The Morgan fingerprint density at radius 3 is 2.17 bits per heavy atom. The van der Waals surface area contributed by atoms with Crippen molar-refractivity contribution in [2.24, 2.45) is 0 Å². The van der Waals surface area contributed by atoms with Crippen LogP contribution in [0.4, 0.5) is 32.0 Å². The second kappa shape index (κ2) is 7.69. The molecule has 0 unspecified atom stereocenters. The van der Waals surface area contributed by atoms with Crippen molar-refractivity contribution in [2.75, 3.05) is 11.9 Å². The number of hydrogen-bond donors (Lipinski definition) is 2. The molecule has 0 spiro atoms. The molecule has 3 aromatic rings. The largest absolute Gasteiger partial charge is 0.451 e. The van der Waals surface area contributed by atoms with Gasteiger partial charge in [0.2, 0.25) is 0 Å². The molecule has 3 rings (SSSR count). The lowest BCUT2D eigenvalue weighted by Crippen LogP contribution is -2.22. The molecule has 0 fully saturated rings. The van der Waals surface area contributed by atoms with Gasteiger partial charge in [0, 0.05) is 11.1 Å². The number of benzene rings is 2. The maximum atomic E-state index is 12.9. The topological polar surface area (TPSA) is 84.1 Å². The van der Waals surface area contributed by atoms with Gasteiger partial charge in [-0.2, -0.15) is 31.4 Å². The van der Waals surface area contributed by atoms with Gasteiger partial charge in [-0.15, -0.1) is 0 Å². The number of carbonyl (C=O) groups is 2. The molecule has 158 valence electrons. The molecule has 2 N–H and O–H groups in total. The molecular formula is C18H11F6N3O3. The summed E-state index contributed by atoms with van der Waals surface area (Å²) in [5.74, 6) is -2.13. The number of hydrogen-bond acceptors (Lipinski definition) is 4. The van der Waals surface area contributed by atoms with E-state index in [0.717, 1.165) is 0 Å². The summed E-state index contributed by atoms with van der Waals surface area (Å²) >= 11 is 0. The SMILES string of the molecule is O=C(COC(=O)c1n[nH]c2ccccc12)Nc1cc(C(F)(F)F)cc(C(F)(F)F)c1. The number of nitrogens with zero attached hydrogens (tertiary/aromatic N) is 1. The van der Waals surface area contributed by atoms with Crippen molar-refractivity contribution in [1.82, 2.24) is 10.2 Å². The number of carbonyl (C=O) groups excluding carboxylic acids is 2.